The van der Waals surface area contributed by atoms with Crippen LogP contribution in [0.1, 0.15) is 54.9 Å². The minimum absolute atomic E-state index is 0.206. The molecule has 0 radical (unpaired) electrons. The summed E-state index contributed by atoms with van der Waals surface area (Å²) in [4.78, 5) is 39.9. The van der Waals surface area contributed by atoms with Gasteiger partial charge >= 0.3 is 5.97 Å². The zero-order chi connectivity index (χ0) is 23.8. The summed E-state index contributed by atoms with van der Waals surface area (Å²) in [5.74, 6) is -0.442. The van der Waals surface area contributed by atoms with Gasteiger partial charge < -0.3 is 10.1 Å². The average Bonchev–Trinajstić information content (AvgIpc) is 3.14. The van der Waals surface area contributed by atoms with Crippen molar-refractivity contribution in [2.45, 2.75) is 53.5 Å². The molecule has 1 aromatic carbocycles. The molecule has 2 aromatic heterocycles. The second-order valence-corrected chi connectivity index (χ2v) is 10.4. The smallest absolute Gasteiger partial charge is 0.340 e. The van der Waals surface area contributed by atoms with Crippen molar-refractivity contribution in [3.8, 4) is 0 Å². The lowest BCUT2D eigenvalue weighted by molar-refractivity contribution is -0.117. The standard InChI is InChI=1S/C24H28N4O4S/c1-5-32-23(31)15-8-6-7-9-17(15)25-19(29)13-28-22(30)20-16-11-10-14(24(2,3)4)12-18(16)33-21(20)26-27-28/h6-9,14H,5,10-13H2,1-4H3,(H,25,29). The minimum atomic E-state index is -0.523. The van der Waals surface area contributed by atoms with E-state index in [2.05, 4.69) is 36.4 Å². The summed E-state index contributed by atoms with van der Waals surface area (Å²) in [5, 5.41) is 11.5. The molecule has 3 aromatic rings. The fourth-order valence-electron chi connectivity index (χ4n) is 4.27. The SMILES string of the molecule is CCOC(=O)c1ccccc1NC(=O)Cn1nnc2sc3c(c2c1=O)CCC(C(C)(C)C)C3. The Morgan fingerprint density at radius 3 is 2.76 bits per heavy atom. The first-order chi connectivity index (χ1) is 15.7. The lowest BCUT2D eigenvalue weighted by atomic mass is 9.72. The molecule has 8 nitrogen and oxygen atoms in total. The van der Waals surface area contributed by atoms with Gasteiger partial charge in [0.1, 0.15) is 6.54 Å². The lowest BCUT2D eigenvalue weighted by Gasteiger charge is -2.33. The fraction of sp³-hybridized carbons (Fsp3) is 0.458. The van der Waals surface area contributed by atoms with Crippen LogP contribution in [0.5, 0.6) is 0 Å². The highest BCUT2D eigenvalue weighted by atomic mass is 32.1. The largest absolute Gasteiger partial charge is 0.462 e. The molecule has 33 heavy (non-hydrogen) atoms. The van der Waals surface area contributed by atoms with E-state index in [-0.39, 0.29) is 29.7 Å². The Labute approximate surface area is 196 Å². The topological polar surface area (TPSA) is 103 Å². The summed E-state index contributed by atoms with van der Waals surface area (Å²) in [6.07, 6.45) is 2.79. The van der Waals surface area contributed by atoms with Crippen molar-refractivity contribution in [2.24, 2.45) is 11.3 Å². The van der Waals surface area contributed by atoms with E-state index in [9.17, 15) is 14.4 Å². The number of anilines is 1. The molecule has 9 heteroatoms. The Morgan fingerprint density at radius 2 is 2.03 bits per heavy atom. The first-order valence-electron chi connectivity index (χ1n) is 11.1. The van der Waals surface area contributed by atoms with Gasteiger partial charge in [0.05, 0.1) is 23.2 Å². The van der Waals surface area contributed by atoms with Crippen LogP contribution < -0.4 is 10.9 Å². The Balaban J connectivity index is 1.57. The van der Waals surface area contributed by atoms with Crippen LogP contribution in [-0.4, -0.2) is 33.5 Å². The number of rotatable bonds is 5. The summed E-state index contributed by atoms with van der Waals surface area (Å²) >= 11 is 1.53. The number of carbonyl (C=O) groups is 2. The normalized spacial score (nSPS) is 15.8. The van der Waals surface area contributed by atoms with Gasteiger partial charge in [0, 0.05) is 4.88 Å². The summed E-state index contributed by atoms with van der Waals surface area (Å²) in [6.45, 7) is 8.40. The highest BCUT2D eigenvalue weighted by molar-refractivity contribution is 7.18. The highest BCUT2D eigenvalue weighted by Crippen LogP contribution is 2.41. The molecule has 0 fully saturated rings. The van der Waals surface area contributed by atoms with Gasteiger partial charge in [-0.3, -0.25) is 9.59 Å². The number of esters is 1. The molecule has 1 unspecified atom stereocenters. The Bertz CT molecular complexity index is 1270. The average molecular weight is 469 g/mol. The third-order valence-electron chi connectivity index (χ3n) is 6.15. The Morgan fingerprint density at radius 1 is 1.27 bits per heavy atom. The molecule has 174 valence electrons. The van der Waals surface area contributed by atoms with Crippen molar-refractivity contribution >= 4 is 39.1 Å². The monoisotopic (exact) mass is 468 g/mol. The molecule has 0 aliphatic heterocycles. The van der Waals surface area contributed by atoms with Crippen molar-refractivity contribution in [2.75, 3.05) is 11.9 Å². The predicted molar refractivity (Wildman–Crippen MR) is 128 cm³/mol. The molecule has 0 saturated carbocycles. The van der Waals surface area contributed by atoms with Crippen molar-refractivity contribution in [1.29, 1.82) is 0 Å². The first kappa shape index (κ1) is 23.1. The molecule has 1 atom stereocenters. The molecule has 0 spiro atoms. The van der Waals surface area contributed by atoms with Crippen molar-refractivity contribution in [3.05, 3.63) is 50.6 Å². The van der Waals surface area contributed by atoms with Gasteiger partial charge in [-0.05, 0) is 55.2 Å². The zero-order valence-corrected chi connectivity index (χ0v) is 20.1. The maximum Gasteiger partial charge on any atom is 0.340 e. The van der Waals surface area contributed by atoms with Gasteiger partial charge in [-0.25, -0.2) is 9.48 Å². The van der Waals surface area contributed by atoms with E-state index in [4.69, 9.17) is 4.74 Å². The Hall–Kier alpha value is -3.07. The van der Waals surface area contributed by atoms with Crippen LogP contribution in [0.25, 0.3) is 10.2 Å². The van der Waals surface area contributed by atoms with E-state index in [1.807, 2.05) is 0 Å². The van der Waals surface area contributed by atoms with Gasteiger partial charge in [-0.2, -0.15) is 0 Å². The van der Waals surface area contributed by atoms with Gasteiger partial charge in [0.15, 0.2) is 4.83 Å². The van der Waals surface area contributed by atoms with E-state index in [1.165, 1.54) is 16.2 Å². The summed E-state index contributed by atoms with van der Waals surface area (Å²) in [5.41, 5.74) is 1.53. The zero-order valence-electron chi connectivity index (χ0n) is 19.3. The van der Waals surface area contributed by atoms with Crippen LogP contribution in [0.4, 0.5) is 5.69 Å². The van der Waals surface area contributed by atoms with Crippen LogP contribution in [0.3, 0.4) is 0 Å². The number of nitrogens with one attached hydrogen (secondary N) is 1. The third kappa shape index (κ3) is 4.68. The molecular weight excluding hydrogens is 440 g/mol. The summed E-state index contributed by atoms with van der Waals surface area (Å²) < 4.78 is 6.13. The van der Waals surface area contributed by atoms with Gasteiger partial charge in [-0.15, -0.1) is 16.4 Å². The molecule has 0 saturated heterocycles. The van der Waals surface area contributed by atoms with Crippen LogP contribution in [0.2, 0.25) is 0 Å². The predicted octanol–water partition coefficient (Wildman–Crippen LogP) is 3.82. The number of ether oxygens (including phenoxy) is 1. The maximum absolute atomic E-state index is 13.2. The molecule has 2 heterocycles. The number of benzene rings is 1. The van der Waals surface area contributed by atoms with Crippen molar-refractivity contribution in [3.63, 3.8) is 0 Å². The maximum atomic E-state index is 13.2. The number of amides is 1. The van der Waals surface area contributed by atoms with E-state index < -0.39 is 11.9 Å². The number of aromatic nitrogens is 3. The summed E-state index contributed by atoms with van der Waals surface area (Å²) in [6, 6.07) is 6.59. The summed E-state index contributed by atoms with van der Waals surface area (Å²) in [7, 11) is 0. The second kappa shape index (κ2) is 9.05. The van der Waals surface area contributed by atoms with Crippen LogP contribution in [-0.2, 0) is 28.9 Å². The number of fused-ring (bicyclic) bond motifs is 3. The van der Waals surface area contributed by atoms with Gasteiger partial charge in [0.25, 0.3) is 5.56 Å². The number of hydrogen-bond donors (Lipinski definition) is 1. The van der Waals surface area contributed by atoms with E-state index in [0.29, 0.717) is 21.8 Å². The molecule has 1 aliphatic carbocycles. The van der Waals surface area contributed by atoms with Crippen LogP contribution >= 0.6 is 11.3 Å². The highest BCUT2D eigenvalue weighted by Gasteiger charge is 2.32. The molecule has 0 bridgehead atoms. The second-order valence-electron chi connectivity index (χ2n) is 9.36. The molecule has 1 aliphatic rings. The lowest BCUT2D eigenvalue weighted by Crippen LogP contribution is -2.31. The quantitative estimate of drug-likeness (QED) is 0.571. The van der Waals surface area contributed by atoms with E-state index >= 15 is 0 Å². The number of carbonyl (C=O) groups excluding carboxylic acids is 2. The number of hydrogen-bond acceptors (Lipinski definition) is 7. The molecule has 1 amide bonds. The molecule has 1 N–H and O–H groups in total. The van der Waals surface area contributed by atoms with Crippen LogP contribution in [0, 0.1) is 11.3 Å². The number of aryl methyl sites for hydroxylation is 1. The van der Waals surface area contributed by atoms with Gasteiger partial charge in [-0.1, -0.05) is 38.1 Å². The molecular formula is C24H28N4O4S. The van der Waals surface area contributed by atoms with Crippen LogP contribution in [0.15, 0.2) is 29.1 Å². The Kier molecular flexibility index (Phi) is 6.34. The van der Waals surface area contributed by atoms with E-state index in [1.54, 1.807) is 31.2 Å². The fourth-order valence-corrected chi connectivity index (χ4v) is 5.51. The minimum Gasteiger partial charge on any atom is -0.462 e. The first-order valence-corrected chi connectivity index (χ1v) is 11.9. The number of thiophene rings is 1. The van der Waals surface area contributed by atoms with Crippen molar-refractivity contribution in [1.82, 2.24) is 15.0 Å². The van der Waals surface area contributed by atoms with Crippen molar-refractivity contribution < 1.29 is 14.3 Å². The number of para-hydroxylation sites is 1. The number of nitrogens with zero attached hydrogens (tertiary/aromatic N) is 3. The van der Waals surface area contributed by atoms with Gasteiger partial charge in [0.2, 0.25) is 5.91 Å². The third-order valence-corrected chi connectivity index (χ3v) is 7.29. The van der Waals surface area contributed by atoms with E-state index in [0.717, 1.165) is 29.5 Å². The molecule has 4 rings (SSSR count).